The molecule has 0 aliphatic heterocycles. The van der Waals surface area contributed by atoms with Crippen LogP contribution in [0.3, 0.4) is 0 Å². The van der Waals surface area contributed by atoms with Crippen molar-refractivity contribution in [1.29, 1.82) is 0 Å². The van der Waals surface area contributed by atoms with E-state index >= 15 is 0 Å². The quantitative estimate of drug-likeness (QED) is 0.0353. The Bertz CT molecular complexity index is 590. The second-order valence-electron chi connectivity index (χ2n) is 15.5. The van der Waals surface area contributed by atoms with Crippen LogP contribution in [0, 0.1) is 0 Å². The maximum absolute atomic E-state index is 5.98. The van der Waals surface area contributed by atoms with Gasteiger partial charge < -0.3 is 13.3 Å². The van der Waals surface area contributed by atoms with E-state index in [-0.39, 0.29) is 0 Å². The molecule has 0 amide bonds. The molecule has 302 valence electrons. The summed E-state index contributed by atoms with van der Waals surface area (Å²) in [6, 6.07) is 0.973. The van der Waals surface area contributed by atoms with Crippen LogP contribution in [0.4, 0.5) is 0 Å². The van der Waals surface area contributed by atoms with Gasteiger partial charge in [-0.25, -0.2) is 0 Å². The second-order valence-corrected chi connectivity index (χ2v) is 18.6. The predicted octanol–water partition coefficient (Wildman–Crippen LogP) is 16.7. The largest absolute Gasteiger partial charge is 0.500 e. The molecule has 0 saturated heterocycles. The van der Waals surface area contributed by atoms with Crippen molar-refractivity contribution in [3.63, 3.8) is 0 Å². The molecule has 0 radical (unpaired) electrons. The third-order valence-electron chi connectivity index (χ3n) is 10.7. The lowest BCUT2D eigenvalue weighted by molar-refractivity contribution is 0.0706. The number of halogens is 1. The zero-order valence-corrected chi connectivity index (χ0v) is 36.6. The summed E-state index contributed by atoms with van der Waals surface area (Å²) in [6.07, 6.45) is 53.0. The molecule has 0 aliphatic carbocycles. The zero-order valence-electron chi connectivity index (χ0n) is 34.8. The lowest BCUT2D eigenvalue weighted by Crippen LogP contribution is -2.45. The summed E-state index contributed by atoms with van der Waals surface area (Å²) in [6.45, 7) is 8.19. The van der Waals surface area contributed by atoms with Gasteiger partial charge in [0.25, 0.3) is 0 Å². The van der Waals surface area contributed by atoms with Crippen LogP contribution < -0.4 is 0 Å². The van der Waals surface area contributed by atoms with Crippen LogP contribution in [-0.4, -0.2) is 34.5 Å². The van der Waals surface area contributed by atoms with Crippen molar-refractivity contribution in [3.05, 3.63) is 0 Å². The molecule has 5 heteroatoms. The van der Waals surface area contributed by atoms with E-state index in [2.05, 4.69) is 0 Å². The first-order chi connectivity index (χ1) is 24.7. The van der Waals surface area contributed by atoms with Crippen molar-refractivity contribution in [2.75, 3.05) is 25.7 Å². The summed E-state index contributed by atoms with van der Waals surface area (Å²) in [5.74, 6) is 0.843. The van der Waals surface area contributed by atoms with E-state index in [1.54, 1.807) is 0 Å². The SMILES string of the molecule is CCO[Si](CCCCCCCCCCCCCCCCCCCCCCCCCCCCCCCCCCCCCCCCl)(OCC)OCC. The minimum absolute atomic E-state index is 0.685. The fourth-order valence-corrected chi connectivity index (χ4v) is 10.5. The van der Waals surface area contributed by atoms with Gasteiger partial charge in [-0.05, 0) is 33.6 Å². The number of rotatable bonds is 45. The van der Waals surface area contributed by atoms with Crippen LogP contribution in [0.5, 0.6) is 0 Å². The highest BCUT2D eigenvalue weighted by Crippen LogP contribution is 2.22. The average molecular weight is 746 g/mol. The van der Waals surface area contributed by atoms with Gasteiger partial charge in [0.15, 0.2) is 0 Å². The van der Waals surface area contributed by atoms with Crippen molar-refractivity contribution in [2.24, 2.45) is 0 Å². The Balaban J connectivity index is 3.20. The fourth-order valence-electron chi connectivity index (χ4n) is 7.62. The minimum Gasteiger partial charge on any atom is -0.374 e. The molecule has 0 N–H and O–H groups in total. The van der Waals surface area contributed by atoms with Gasteiger partial charge in [-0.15, -0.1) is 11.6 Å². The van der Waals surface area contributed by atoms with Gasteiger partial charge in [0.2, 0.25) is 0 Å². The first-order valence-electron chi connectivity index (χ1n) is 23.2. The lowest BCUT2D eigenvalue weighted by atomic mass is 10.0. The highest BCUT2D eigenvalue weighted by atomic mass is 35.5. The molecular formula is C45H93ClO3Si. The van der Waals surface area contributed by atoms with Crippen molar-refractivity contribution in [2.45, 2.75) is 264 Å². The van der Waals surface area contributed by atoms with Gasteiger partial charge in [0.05, 0.1) is 0 Å². The van der Waals surface area contributed by atoms with Gasteiger partial charge in [-0.2, -0.15) is 0 Å². The van der Waals surface area contributed by atoms with E-state index < -0.39 is 8.80 Å². The van der Waals surface area contributed by atoms with Crippen LogP contribution in [-0.2, 0) is 13.3 Å². The number of alkyl halides is 1. The van der Waals surface area contributed by atoms with Crippen LogP contribution in [0.15, 0.2) is 0 Å². The molecule has 50 heavy (non-hydrogen) atoms. The molecule has 0 bridgehead atoms. The number of hydrogen-bond acceptors (Lipinski definition) is 3. The van der Waals surface area contributed by atoms with E-state index in [9.17, 15) is 0 Å². The second kappa shape index (κ2) is 43.8. The van der Waals surface area contributed by atoms with Crippen molar-refractivity contribution in [1.82, 2.24) is 0 Å². The van der Waals surface area contributed by atoms with E-state index in [1.807, 2.05) is 20.8 Å². The summed E-state index contributed by atoms with van der Waals surface area (Å²) < 4.78 is 17.9. The van der Waals surface area contributed by atoms with Crippen molar-refractivity contribution >= 4 is 20.4 Å². The molecule has 0 saturated carbocycles. The third kappa shape index (κ3) is 38.1. The molecule has 0 aromatic heterocycles. The summed E-state index contributed by atoms with van der Waals surface area (Å²) in [5.41, 5.74) is 0. The minimum atomic E-state index is -2.42. The molecule has 0 aromatic rings. The van der Waals surface area contributed by atoms with Crippen molar-refractivity contribution in [3.8, 4) is 0 Å². The van der Waals surface area contributed by atoms with E-state index in [4.69, 9.17) is 24.9 Å². The normalized spacial score (nSPS) is 12.0. The molecule has 3 nitrogen and oxygen atoms in total. The van der Waals surface area contributed by atoms with E-state index in [1.165, 1.54) is 238 Å². The Kier molecular flexibility index (Phi) is 44.1. The number of hydrogen-bond donors (Lipinski definition) is 0. The molecule has 0 heterocycles. The summed E-state index contributed by atoms with van der Waals surface area (Å²) in [7, 11) is -2.42. The topological polar surface area (TPSA) is 27.7 Å². The predicted molar refractivity (Wildman–Crippen MR) is 227 cm³/mol. The summed E-state index contributed by atoms with van der Waals surface area (Å²) in [4.78, 5) is 0. The van der Waals surface area contributed by atoms with Gasteiger partial charge in [-0.1, -0.05) is 225 Å². The standard InChI is InChI=1S/C45H93ClO3Si/c1-4-47-50(48-5-2,49-6-3)45-43-41-39-37-35-33-31-29-27-25-23-21-19-17-15-13-11-9-7-8-10-12-14-16-18-20-22-24-26-28-30-32-34-36-38-40-42-44-46/h4-45H2,1-3H3. The molecule has 0 aliphatic rings. The van der Waals surface area contributed by atoms with Crippen molar-refractivity contribution < 1.29 is 13.3 Å². The Labute approximate surface area is 322 Å². The highest BCUT2D eigenvalue weighted by molar-refractivity contribution is 6.60. The molecule has 0 aromatic carbocycles. The maximum Gasteiger partial charge on any atom is 0.500 e. The fraction of sp³-hybridized carbons (Fsp3) is 1.00. The highest BCUT2D eigenvalue weighted by Gasteiger charge is 2.39. The van der Waals surface area contributed by atoms with Gasteiger partial charge in [0.1, 0.15) is 0 Å². The molecular weight excluding hydrogens is 652 g/mol. The number of unbranched alkanes of at least 4 members (excludes halogenated alkanes) is 36. The summed E-state index contributed by atoms with van der Waals surface area (Å²) >= 11 is 5.74. The Morgan fingerprint density at radius 2 is 0.420 bits per heavy atom. The van der Waals surface area contributed by atoms with E-state index in [0.29, 0.717) is 19.8 Å². The van der Waals surface area contributed by atoms with Gasteiger partial charge >= 0.3 is 8.80 Å². The zero-order chi connectivity index (χ0) is 36.3. The smallest absolute Gasteiger partial charge is 0.374 e. The molecule has 0 unspecified atom stereocenters. The van der Waals surface area contributed by atoms with Crippen LogP contribution in [0.1, 0.15) is 258 Å². The first-order valence-corrected chi connectivity index (χ1v) is 25.7. The lowest BCUT2D eigenvalue weighted by Gasteiger charge is -2.28. The summed E-state index contributed by atoms with van der Waals surface area (Å²) in [5, 5.41) is 0. The monoisotopic (exact) mass is 745 g/mol. The molecule has 0 atom stereocenters. The van der Waals surface area contributed by atoms with Gasteiger partial charge in [-0.3, -0.25) is 0 Å². The van der Waals surface area contributed by atoms with E-state index in [0.717, 1.165) is 11.9 Å². The average Bonchev–Trinajstić information content (AvgIpc) is 3.11. The van der Waals surface area contributed by atoms with Crippen LogP contribution >= 0.6 is 11.6 Å². The van der Waals surface area contributed by atoms with Gasteiger partial charge in [0, 0.05) is 31.7 Å². The van der Waals surface area contributed by atoms with Crippen LogP contribution in [0.2, 0.25) is 6.04 Å². The molecule has 0 spiro atoms. The Morgan fingerprint density at radius 1 is 0.260 bits per heavy atom. The first kappa shape index (κ1) is 50.4. The molecule has 0 fully saturated rings. The maximum atomic E-state index is 5.98. The van der Waals surface area contributed by atoms with Crippen LogP contribution in [0.25, 0.3) is 0 Å². The Morgan fingerprint density at radius 3 is 0.580 bits per heavy atom. The molecule has 0 rings (SSSR count). The third-order valence-corrected chi connectivity index (χ3v) is 14.1. The Hall–Kier alpha value is 0.387.